The Labute approximate surface area is 106 Å². The van der Waals surface area contributed by atoms with Gasteiger partial charge in [0, 0.05) is 24.3 Å². The van der Waals surface area contributed by atoms with Gasteiger partial charge < -0.3 is 4.90 Å². The summed E-state index contributed by atoms with van der Waals surface area (Å²) in [6, 6.07) is 3.40. The van der Waals surface area contributed by atoms with Crippen LogP contribution in [0.5, 0.6) is 0 Å². The molecule has 0 fully saturated rings. The average Bonchev–Trinajstić information content (AvgIpc) is 2.28. The first-order chi connectivity index (χ1) is 8.06. The van der Waals surface area contributed by atoms with Crippen molar-refractivity contribution in [3.8, 4) is 0 Å². The van der Waals surface area contributed by atoms with Gasteiger partial charge in [0.25, 0.3) is 5.91 Å². The molecule has 0 unspecified atom stereocenters. The van der Waals surface area contributed by atoms with Gasteiger partial charge in [-0.15, -0.1) is 0 Å². The summed E-state index contributed by atoms with van der Waals surface area (Å²) in [5.41, 5.74) is 2.73. The maximum atomic E-state index is 12.2. The highest BCUT2D eigenvalue weighted by Crippen LogP contribution is 2.16. The van der Waals surface area contributed by atoms with Crippen LogP contribution in [0.1, 0.15) is 29.4 Å². The maximum Gasteiger partial charge on any atom is 0.254 e. The normalized spacial score (nSPS) is 15.7. The van der Waals surface area contributed by atoms with Crippen LogP contribution in [0.4, 0.5) is 0 Å². The second-order valence-electron chi connectivity index (χ2n) is 4.37. The number of halogens is 1. The fraction of sp³-hybridized carbons (Fsp3) is 0.385. The van der Waals surface area contributed by atoms with Crippen LogP contribution < -0.4 is 0 Å². The predicted octanol–water partition coefficient (Wildman–Crippen LogP) is 2.84. The first kappa shape index (κ1) is 12.1. The quantitative estimate of drug-likeness (QED) is 0.567. The number of rotatable bonds is 1. The van der Waals surface area contributed by atoms with Gasteiger partial charge in [0.2, 0.25) is 0 Å². The van der Waals surface area contributed by atoms with E-state index in [0.29, 0.717) is 17.3 Å². The summed E-state index contributed by atoms with van der Waals surface area (Å²) in [6.07, 6.45) is 3.04. The number of carbonyl (C=O) groups excluding carboxylic acids is 1. The van der Waals surface area contributed by atoms with Crippen LogP contribution in [0.25, 0.3) is 0 Å². The Balaban J connectivity index is 2.20. The average molecular weight is 251 g/mol. The highest BCUT2D eigenvalue weighted by molar-refractivity contribution is 6.29. The van der Waals surface area contributed by atoms with Gasteiger partial charge in [-0.1, -0.05) is 23.3 Å². The summed E-state index contributed by atoms with van der Waals surface area (Å²) in [5.74, 6) is 0.0288. The van der Waals surface area contributed by atoms with E-state index in [1.165, 1.54) is 5.57 Å². The highest BCUT2D eigenvalue weighted by atomic mass is 35.5. The molecule has 17 heavy (non-hydrogen) atoms. The summed E-state index contributed by atoms with van der Waals surface area (Å²) in [6.45, 7) is 5.39. The van der Waals surface area contributed by atoms with E-state index in [2.05, 4.69) is 18.0 Å². The minimum atomic E-state index is 0.0288. The van der Waals surface area contributed by atoms with Crippen LogP contribution in [-0.4, -0.2) is 28.9 Å². The van der Waals surface area contributed by atoms with Crippen LogP contribution >= 0.6 is 11.6 Å². The Morgan fingerprint density at radius 2 is 2.18 bits per heavy atom. The number of carbonyl (C=O) groups is 1. The molecule has 90 valence electrons. The molecule has 3 nitrogen and oxygen atoms in total. The van der Waals surface area contributed by atoms with Gasteiger partial charge in [-0.2, -0.15) is 0 Å². The van der Waals surface area contributed by atoms with Crippen molar-refractivity contribution < 1.29 is 4.79 Å². The zero-order chi connectivity index (χ0) is 12.4. The van der Waals surface area contributed by atoms with E-state index in [-0.39, 0.29) is 5.91 Å². The molecule has 1 aromatic heterocycles. The number of aromatic nitrogens is 1. The van der Waals surface area contributed by atoms with Gasteiger partial charge >= 0.3 is 0 Å². The lowest BCUT2D eigenvalue weighted by Gasteiger charge is -2.25. The summed E-state index contributed by atoms with van der Waals surface area (Å²) in [7, 11) is 0. The van der Waals surface area contributed by atoms with Crippen molar-refractivity contribution in [3.63, 3.8) is 0 Å². The third kappa shape index (κ3) is 2.86. The molecule has 0 N–H and O–H groups in total. The van der Waals surface area contributed by atoms with Crippen LogP contribution in [0, 0.1) is 6.92 Å². The number of aryl methyl sites for hydroxylation is 1. The van der Waals surface area contributed by atoms with Crippen molar-refractivity contribution in [2.45, 2.75) is 20.3 Å². The van der Waals surface area contributed by atoms with Crippen molar-refractivity contribution >= 4 is 17.5 Å². The molecule has 4 heteroatoms. The van der Waals surface area contributed by atoms with E-state index in [9.17, 15) is 4.79 Å². The Morgan fingerprint density at radius 1 is 1.41 bits per heavy atom. The van der Waals surface area contributed by atoms with Gasteiger partial charge in [0.05, 0.1) is 0 Å². The smallest absolute Gasteiger partial charge is 0.254 e. The number of amides is 1. The summed E-state index contributed by atoms with van der Waals surface area (Å²) >= 11 is 5.86. The Bertz CT molecular complexity index is 462. The van der Waals surface area contributed by atoms with Crippen LogP contribution in [-0.2, 0) is 0 Å². The van der Waals surface area contributed by atoms with Crippen molar-refractivity contribution in [3.05, 3.63) is 40.2 Å². The van der Waals surface area contributed by atoms with Crippen molar-refractivity contribution in [2.24, 2.45) is 0 Å². The van der Waals surface area contributed by atoms with Crippen LogP contribution in [0.15, 0.2) is 23.8 Å². The van der Waals surface area contributed by atoms with E-state index in [1.807, 2.05) is 11.8 Å². The molecule has 0 spiro atoms. The van der Waals surface area contributed by atoms with Gasteiger partial charge in [0.15, 0.2) is 0 Å². The Hall–Kier alpha value is -1.35. The molecule has 1 aromatic rings. The fourth-order valence-corrected chi connectivity index (χ4v) is 2.14. The van der Waals surface area contributed by atoms with E-state index < -0.39 is 0 Å². The van der Waals surface area contributed by atoms with E-state index >= 15 is 0 Å². The molecule has 0 saturated carbocycles. The van der Waals surface area contributed by atoms with Crippen LogP contribution in [0.3, 0.4) is 0 Å². The number of hydrogen-bond donors (Lipinski definition) is 0. The Morgan fingerprint density at radius 3 is 2.76 bits per heavy atom. The number of hydrogen-bond acceptors (Lipinski definition) is 2. The fourth-order valence-electron chi connectivity index (χ4n) is 1.89. The largest absolute Gasteiger partial charge is 0.335 e. The molecule has 1 aliphatic rings. The summed E-state index contributed by atoms with van der Waals surface area (Å²) in [5, 5.41) is 0.372. The molecule has 1 amide bonds. The molecule has 0 aromatic carbocycles. The third-order valence-electron chi connectivity index (χ3n) is 2.89. The van der Waals surface area contributed by atoms with Gasteiger partial charge in [-0.3, -0.25) is 4.79 Å². The third-order valence-corrected chi connectivity index (χ3v) is 3.09. The first-order valence-corrected chi connectivity index (χ1v) is 6.03. The topological polar surface area (TPSA) is 33.2 Å². The molecular weight excluding hydrogens is 236 g/mol. The van der Waals surface area contributed by atoms with E-state index in [1.54, 1.807) is 12.1 Å². The van der Waals surface area contributed by atoms with Gasteiger partial charge in [-0.05, 0) is 32.4 Å². The monoisotopic (exact) mass is 250 g/mol. The molecule has 0 atom stereocenters. The second-order valence-corrected chi connectivity index (χ2v) is 4.76. The molecule has 1 aliphatic heterocycles. The molecule has 0 bridgehead atoms. The van der Waals surface area contributed by atoms with Gasteiger partial charge in [0.1, 0.15) is 5.15 Å². The Kier molecular flexibility index (Phi) is 3.48. The lowest BCUT2D eigenvalue weighted by molar-refractivity contribution is 0.0769. The predicted molar refractivity (Wildman–Crippen MR) is 68.3 cm³/mol. The number of nitrogens with zero attached hydrogens (tertiary/aromatic N) is 2. The van der Waals surface area contributed by atoms with E-state index in [4.69, 9.17) is 11.6 Å². The van der Waals surface area contributed by atoms with Gasteiger partial charge in [-0.25, -0.2) is 4.98 Å². The zero-order valence-electron chi connectivity index (χ0n) is 10.0. The van der Waals surface area contributed by atoms with Crippen molar-refractivity contribution in [1.29, 1.82) is 0 Å². The maximum absolute atomic E-state index is 12.2. The molecule has 0 radical (unpaired) electrons. The highest BCUT2D eigenvalue weighted by Gasteiger charge is 2.18. The standard InChI is InChI=1S/C13H15ClN2O/c1-9-3-5-16(6-4-9)13(17)11-7-10(2)15-12(14)8-11/h3,7-8H,4-6H2,1-2H3. The molecule has 2 rings (SSSR count). The lowest BCUT2D eigenvalue weighted by atomic mass is 10.1. The molecule has 0 aliphatic carbocycles. The van der Waals surface area contributed by atoms with E-state index in [0.717, 1.165) is 18.7 Å². The zero-order valence-corrected chi connectivity index (χ0v) is 10.8. The minimum Gasteiger partial charge on any atom is -0.335 e. The van der Waals surface area contributed by atoms with Crippen LogP contribution in [0.2, 0.25) is 5.15 Å². The van der Waals surface area contributed by atoms with Crippen molar-refractivity contribution in [1.82, 2.24) is 9.88 Å². The SMILES string of the molecule is CC1=CCN(C(=O)c2cc(C)nc(Cl)c2)CC1. The summed E-state index contributed by atoms with van der Waals surface area (Å²) in [4.78, 5) is 18.1. The number of pyridine rings is 1. The lowest BCUT2D eigenvalue weighted by Crippen LogP contribution is -2.34. The molecule has 2 heterocycles. The minimum absolute atomic E-state index is 0.0288. The molecular formula is C13H15ClN2O. The summed E-state index contributed by atoms with van der Waals surface area (Å²) < 4.78 is 0. The molecule has 0 saturated heterocycles. The second kappa shape index (κ2) is 4.88. The van der Waals surface area contributed by atoms with Crippen molar-refractivity contribution in [2.75, 3.05) is 13.1 Å². The first-order valence-electron chi connectivity index (χ1n) is 5.65.